The second kappa shape index (κ2) is 4.84. The van der Waals surface area contributed by atoms with E-state index in [1.807, 2.05) is 12.1 Å². The van der Waals surface area contributed by atoms with Crippen LogP contribution in [0.15, 0.2) is 18.3 Å². The first-order chi connectivity index (χ1) is 6.63. The van der Waals surface area contributed by atoms with Crippen LogP contribution in [0, 0.1) is 5.92 Å². The smallest absolute Gasteiger partial charge is 0.128 e. The van der Waals surface area contributed by atoms with Gasteiger partial charge in [0.05, 0.1) is 11.9 Å². The van der Waals surface area contributed by atoms with Crippen molar-refractivity contribution in [3.05, 3.63) is 18.3 Å². The first-order valence-corrected chi connectivity index (χ1v) is 5.06. The first kappa shape index (κ1) is 10.8. The molecule has 3 heteroatoms. The number of nitrogens with two attached hydrogens (primary N) is 1. The van der Waals surface area contributed by atoms with E-state index < -0.39 is 0 Å². The monoisotopic (exact) mass is 193 g/mol. The molecule has 0 aliphatic carbocycles. The van der Waals surface area contributed by atoms with E-state index in [1.165, 1.54) is 6.42 Å². The van der Waals surface area contributed by atoms with Crippen LogP contribution in [0.4, 0.5) is 11.5 Å². The minimum absolute atomic E-state index is 0.694. The number of hydrogen-bond acceptors (Lipinski definition) is 3. The molecule has 1 atom stereocenters. The Kier molecular flexibility index (Phi) is 3.74. The molecular formula is C11H19N3. The van der Waals surface area contributed by atoms with Crippen LogP contribution in [-0.4, -0.2) is 18.6 Å². The summed E-state index contributed by atoms with van der Waals surface area (Å²) >= 11 is 0. The standard InChI is InChI=1S/C11H19N3/c1-4-9(2)8-14(3)11-6-5-10(12)7-13-11/h5-7,9H,4,8,12H2,1-3H3. The lowest BCUT2D eigenvalue weighted by molar-refractivity contribution is 0.558. The average molecular weight is 193 g/mol. The molecule has 14 heavy (non-hydrogen) atoms. The molecule has 0 fully saturated rings. The normalized spacial score (nSPS) is 12.5. The van der Waals surface area contributed by atoms with Crippen molar-refractivity contribution >= 4 is 11.5 Å². The van der Waals surface area contributed by atoms with Gasteiger partial charge < -0.3 is 10.6 Å². The predicted molar refractivity (Wildman–Crippen MR) is 61.4 cm³/mol. The fourth-order valence-corrected chi connectivity index (χ4v) is 1.31. The van der Waals surface area contributed by atoms with Crippen molar-refractivity contribution in [2.24, 2.45) is 5.92 Å². The summed E-state index contributed by atoms with van der Waals surface area (Å²) in [7, 11) is 2.06. The van der Waals surface area contributed by atoms with Crippen molar-refractivity contribution in [3.63, 3.8) is 0 Å². The van der Waals surface area contributed by atoms with Gasteiger partial charge in [-0.15, -0.1) is 0 Å². The molecule has 1 aromatic heterocycles. The molecule has 78 valence electrons. The lowest BCUT2D eigenvalue weighted by atomic mass is 10.1. The summed E-state index contributed by atoms with van der Waals surface area (Å²) in [5.41, 5.74) is 6.29. The zero-order chi connectivity index (χ0) is 10.6. The molecule has 1 rings (SSSR count). The van der Waals surface area contributed by atoms with E-state index in [9.17, 15) is 0 Å². The quantitative estimate of drug-likeness (QED) is 0.796. The number of pyridine rings is 1. The molecule has 0 saturated heterocycles. The third kappa shape index (κ3) is 2.91. The van der Waals surface area contributed by atoms with E-state index in [0.717, 1.165) is 12.4 Å². The number of nitrogen functional groups attached to an aromatic ring is 1. The minimum Gasteiger partial charge on any atom is -0.397 e. The van der Waals surface area contributed by atoms with Gasteiger partial charge in [0.25, 0.3) is 0 Å². The zero-order valence-corrected chi connectivity index (χ0v) is 9.20. The van der Waals surface area contributed by atoms with E-state index in [-0.39, 0.29) is 0 Å². The van der Waals surface area contributed by atoms with E-state index >= 15 is 0 Å². The van der Waals surface area contributed by atoms with Crippen molar-refractivity contribution in [1.82, 2.24) is 4.98 Å². The molecule has 1 aromatic rings. The Labute approximate surface area is 85.9 Å². The van der Waals surface area contributed by atoms with Gasteiger partial charge in [-0.05, 0) is 18.1 Å². The lowest BCUT2D eigenvalue weighted by Crippen LogP contribution is -2.24. The topological polar surface area (TPSA) is 42.1 Å². The van der Waals surface area contributed by atoms with Crippen LogP contribution < -0.4 is 10.6 Å². The number of hydrogen-bond donors (Lipinski definition) is 1. The van der Waals surface area contributed by atoms with E-state index in [2.05, 4.69) is 30.8 Å². The largest absolute Gasteiger partial charge is 0.397 e. The summed E-state index contributed by atoms with van der Waals surface area (Å²) in [6.45, 7) is 5.48. The van der Waals surface area contributed by atoms with Gasteiger partial charge in [0.1, 0.15) is 5.82 Å². The molecule has 0 aliphatic heterocycles. The van der Waals surface area contributed by atoms with Crippen LogP contribution in [0.2, 0.25) is 0 Å². The van der Waals surface area contributed by atoms with E-state index in [0.29, 0.717) is 11.6 Å². The second-order valence-corrected chi connectivity index (χ2v) is 3.84. The van der Waals surface area contributed by atoms with Gasteiger partial charge >= 0.3 is 0 Å². The minimum atomic E-state index is 0.694. The highest BCUT2D eigenvalue weighted by Crippen LogP contribution is 2.13. The summed E-state index contributed by atoms with van der Waals surface area (Å²) in [5, 5.41) is 0. The SMILES string of the molecule is CCC(C)CN(C)c1ccc(N)cn1. The Bertz CT molecular complexity index is 268. The molecule has 0 radical (unpaired) electrons. The molecule has 0 spiro atoms. The molecule has 1 heterocycles. The van der Waals surface area contributed by atoms with E-state index in [4.69, 9.17) is 5.73 Å². The summed E-state index contributed by atoms with van der Waals surface area (Å²) < 4.78 is 0. The first-order valence-electron chi connectivity index (χ1n) is 5.06. The second-order valence-electron chi connectivity index (χ2n) is 3.84. The van der Waals surface area contributed by atoms with Crippen LogP contribution in [0.1, 0.15) is 20.3 Å². The molecule has 0 aromatic carbocycles. The summed E-state index contributed by atoms with van der Waals surface area (Å²) in [4.78, 5) is 6.43. The number of nitrogens with zero attached hydrogens (tertiary/aromatic N) is 2. The van der Waals surface area contributed by atoms with Gasteiger partial charge in [0, 0.05) is 13.6 Å². The fraction of sp³-hybridized carbons (Fsp3) is 0.545. The number of aromatic nitrogens is 1. The van der Waals surface area contributed by atoms with Gasteiger partial charge in [0.2, 0.25) is 0 Å². The zero-order valence-electron chi connectivity index (χ0n) is 9.20. The summed E-state index contributed by atoms with van der Waals surface area (Å²) in [6.07, 6.45) is 2.89. The highest BCUT2D eigenvalue weighted by Gasteiger charge is 2.05. The molecule has 1 unspecified atom stereocenters. The Balaban J connectivity index is 2.60. The van der Waals surface area contributed by atoms with Crippen molar-refractivity contribution in [3.8, 4) is 0 Å². The highest BCUT2D eigenvalue weighted by atomic mass is 15.2. The van der Waals surface area contributed by atoms with Gasteiger partial charge in [-0.1, -0.05) is 20.3 Å². The Morgan fingerprint density at radius 3 is 2.71 bits per heavy atom. The van der Waals surface area contributed by atoms with Crippen molar-refractivity contribution in [1.29, 1.82) is 0 Å². The number of anilines is 2. The van der Waals surface area contributed by atoms with Gasteiger partial charge in [0.15, 0.2) is 0 Å². The third-order valence-electron chi connectivity index (χ3n) is 2.44. The maximum Gasteiger partial charge on any atom is 0.128 e. The third-order valence-corrected chi connectivity index (χ3v) is 2.44. The molecule has 0 bridgehead atoms. The Morgan fingerprint density at radius 1 is 1.50 bits per heavy atom. The molecule has 3 nitrogen and oxygen atoms in total. The van der Waals surface area contributed by atoms with Crippen LogP contribution in [0.3, 0.4) is 0 Å². The molecule has 2 N–H and O–H groups in total. The fourth-order valence-electron chi connectivity index (χ4n) is 1.31. The van der Waals surface area contributed by atoms with Crippen molar-refractivity contribution in [2.75, 3.05) is 24.2 Å². The molecular weight excluding hydrogens is 174 g/mol. The van der Waals surface area contributed by atoms with Crippen LogP contribution in [-0.2, 0) is 0 Å². The highest BCUT2D eigenvalue weighted by molar-refractivity contribution is 5.45. The van der Waals surface area contributed by atoms with Gasteiger partial charge in [-0.2, -0.15) is 0 Å². The summed E-state index contributed by atoms with van der Waals surface area (Å²) in [5.74, 6) is 1.68. The van der Waals surface area contributed by atoms with Crippen LogP contribution in [0.5, 0.6) is 0 Å². The lowest BCUT2D eigenvalue weighted by Gasteiger charge is -2.21. The van der Waals surface area contributed by atoms with Gasteiger partial charge in [-0.25, -0.2) is 4.98 Å². The number of rotatable bonds is 4. The van der Waals surface area contributed by atoms with Crippen molar-refractivity contribution in [2.45, 2.75) is 20.3 Å². The molecule has 0 aliphatic rings. The maximum absolute atomic E-state index is 5.57. The predicted octanol–water partition coefficient (Wildman–Crippen LogP) is 2.15. The average Bonchev–Trinajstić information content (AvgIpc) is 2.18. The summed E-state index contributed by atoms with van der Waals surface area (Å²) in [6, 6.07) is 3.84. The van der Waals surface area contributed by atoms with Crippen LogP contribution >= 0.6 is 0 Å². The van der Waals surface area contributed by atoms with E-state index in [1.54, 1.807) is 6.20 Å². The Morgan fingerprint density at radius 2 is 2.21 bits per heavy atom. The van der Waals surface area contributed by atoms with Crippen molar-refractivity contribution < 1.29 is 0 Å². The maximum atomic E-state index is 5.57. The van der Waals surface area contributed by atoms with Gasteiger partial charge in [-0.3, -0.25) is 0 Å². The van der Waals surface area contributed by atoms with Crippen LogP contribution in [0.25, 0.3) is 0 Å². The molecule has 0 amide bonds. The molecule has 0 saturated carbocycles. The Hall–Kier alpha value is -1.25.